The normalized spacial score (nSPS) is 27.8. The first-order valence-corrected chi connectivity index (χ1v) is 8.11. The summed E-state index contributed by atoms with van der Waals surface area (Å²) >= 11 is 1.91. The van der Waals surface area contributed by atoms with E-state index >= 15 is 0 Å². The molecule has 1 saturated heterocycles. The Balaban J connectivity index is 1.33. The van der Waals surface area contributed by atoms with Crippen LogP contribution in [0.2, 0.25) is 0 Å². The molecule has 2 heterocycles. The minimum Gasteiger partial charge on any atom is -0.311 e. The van der Waals surface area contributed by atoms with E-state index in [4.69, 9.17) is 0 Å². The summed E-state index contributed by atoms with van der Waals surface area (Å²) in [7, 11) is 0. The Morgan fingerprint density at radius 1 is 1.28 bits per heavy atom. The molecular weight excluding hydrogens is 240 g/mol. The van der Waals surface area contributed by atoms with Crippen LogP contribution in [0.25, 0.3) is 0 Å². The van der Waals surface area contributed by atoms with Gasteiger partial charge in [0.2, 0.25) is 0 Å². The number of rotatable bonds is 5. The van der Waals surface area contributed by atoms with Crippen molar-refractivity contribution in [3.8, 4) is 0 Å². The molecule has 0 radical (unpaired) electrons. The van der Waals surface area contributed by atoms with Crippen molar-refractivity contribution in [2.75, 3.05) is 26.2 Å². The molecule has 3 rings (SSSR count). The molecular formula is C15H24N2S. The van der Waals surface area contributed by atoms with Gasteiger partial charge in [0.05, 0.1) is 0 Å². The standard InChI is InChI=1S/C15H24N2S/c1-12-5-6-15(18-12)9-16-7-8-17-10-13-3-2-4-14(13)11-17/h5-6,13-14,16H,2-4,7-11H2,1H3. The maximum Gasteiger partial charge on any atom is 0.0300 e. The van der Waals surface area contributed by atoms with E-state index in [0.717, 1.165) is 24.9 Å². The number of likely N-dealkylation sites (tertiary alicyclic amines) is 1. The minimum atomic E-state index is 1.03. The van der Waals surface area contributed by atoms with Crippen molar-refractivity contribution in [1.29, 1.82) is 0 Å². The van der Waals surface area contributed by atoms with E-state index in [2.05, 4.69) is 29.3 Å². The lowest BCUT2D eigenvalue weighted by molar-refractivity contribution is 0.309. The van der Waals surface area contributed by atoms with Crippen molar-refractivity contribution >= 4 is 11.3 Å². The maximum absolute atomic E-state index is 3.58. The molecule has 2 atom stereocenters. The number of aryl methyl sites for hydroxylation is 1. The number of nitrogens with zero attached hydrogens (tertiary/aromatic N) is 1. The number of hydrogen-bond acceptors (Lipinski definition) is 3. The third-order valence-corrected chi connectivity index (χ3v) is 5.50. The highest BCUT2D eigenvalue weighted by molar-refractivity contribution is 7.11. The molecule has 0 bridgehead atoms. The van der Waals surface area contributed by atoms with Gasteiger partial charge in [-0.2, -0.15) is 0 Å². The average molecular weight is 264 g/mol. The summed E-state index contributed by atoms with van der Waals surface area (Å²) in [5.41, 5.74) is 0. The van der Waals surface area contributed by atoms with Crippen LogP contribution >= 0.6 is 11.3 Å². The zero-order valence-electron chi connectivity index (χ0n) is 11.3. The van der Waals surface area contributed by atoms with Crippen LogP contribution < -0.4 is 5.32 Å². The van der Waals surface area contributed by atoms with Crippen LogP contribution in [0.15, 0.2) is 12.1 Å². The Labute approximate surface area is 114 Å². The molecule has 1 aromatic heterocycles. The summed E-state index contributed by atoms with van der Waals surface area (Å²) in [6.45, 7) is 8.32. The summed E-state index contributed by atoms with van der Waals surface area (Å²) in [5, 5.41) is 3.58. The average Bonchev–Trinajstić information content (AvgIpc) is 3.00. The highest BCUT2D eigenvalue weighted by Gasteiger charge is 2.35. The molecule has 2 nitrogen and oxygen atoms in total. The van der Waals surface area contributed by atoms with Crippen molar-refractivity contribution in [2.24, 2.45) is 11.8 Å². The van der Waals surface area contributed by atoms with E-state index in [1.807, 2.05) is 11.3 Å². The van der Waals surface area contributed by atoms with E-state index in [0.29, 0.717) is 0 Å². The second-order valence-corrected chi connectivity index (χ2v) is 7.27. The Morgan fingerprint density at radius 3 is 2.72 bits per heavy atom. The molecule has 1 saturated carbocycles. The van der Waals surface area contributed by atoms with Gasteiger partial charge in [0.25, 0.3) is 0 Å². The first-order chi connectivity index (χ1) is 8.81. The van der Waals surface area contributed by atoms with Crippen molar-refractivity contribution < 1.29 is 0 Å². The molecule has 2 aliphatic rings. The van der Waals surface area contributed by atoms with Crippen LogP contribution in [-0.2, 0) is 6.54 Å². The first-order valence-electron chi connectivity index (χ1n) is 7.29. The second kappa shape index (κ2) is 5.72. The Morgan fingerprint density at radius 2 is 2.06 bits per heavy atom. The lowest BCUT2D eigenvalue weighted by atomic mass is 10.0. The van der Waals surface area contributed by atoms with Gasteiger partial charge in [-0.3, -0.25) is 0 Å². The van der Waals surface area contributed by atoms with E-state index in [-0.39, 0.29) is 0 Å². The molecule has 0 amide bonds. The quantitative estimate of drug-likeness (QED) is 0.823. The van der Waals surface area contributed by atoms with Crippen LogP contribution in [0.5, 0.6) is 0 Å². The fourth-order valence-corrected chi connectivity index (χ4v) is 4.40. The van der Waals surface area contributed by atoms with Crippen molar-refractivity contribution in [3.05, 3.63) is 21.9 Å². The number of hydrogen-bond donors (Lipinski definition) is 1. The third kappa shape index (κ3) is 2.95. The van der Waals surface area contributed by atoms with Crippen LogP contribution in [0, 0.1) is 18.8 Å². The number of nitrogens with one attached hydrogen (secondary N) is 1. The Bertz CT molecular complexity index is 376. The fraction of sp³-hybridized carbons (Fsp3) is 0.733. The van der Waals surface area contributed by atoms with Crippen LogP contribution in [-0.4, -0.2) is 31.1 Å². The van der Waals surface area contributed by atoms with Crippen molar-refractivity contribution in [2.45, 2.75) is 32.7 Å². The summed E-state index contributed by atoms with van der Waals surface area (Å²) in [4.78, 5) is 5.55. The molecule has 18 heavy (non-hydrogen) atoms. The molecule has 0 spiro atoms. The Kier molecular flexibility index (Phi) is 4.02. The molecule has 1 aromatic rings. The molecule has 1 aliphatic carbocycles. The van der Waals surface area contributed by atoms with Crippen LogP contribution in [0.3, 0.4) is 0 Å². The SMILES string of the molecule is Cc1ccc(CNCCN2CC3CCCC3C2)s1. The van der Waals surface area contributed by atoms with Gasteiger partial charge < -0.3 is 10.2 Å². The van der Waals surface area contributed by atoms with E-state index in [1.54, 1.807) is 0 Å². The van der Waals surface area contributed by atoms with Gasteiger partial charge in [-0.15, -0.1) is 11.3 Å². The number of thiophene rings is 1. The van der Waals surface area contributed by atoms with Gasteiger partial charge in [0, 0.05) is 42.5 Å². The van der Waals surface area contributed by atoms with Crippen molar-refractivity contribution in [1.82, 2.24) is 10.2 Å². The largest absolute Gasteiger partial charge is 0.311 e. The summed E-state index contributed by atoms with van der Waals surface area (Å²) in [6, 6.07) is 4.45. The van der Waals surface area contributed by atoms with Crippen LogP contribution in [0.4, 0.5) is 0 Å². The maximum atomic E-state index is 3.58. The van der Waals surface area contributed by atoms with Gasteiger partial charge in [0.15, 0.2) is 0 Å². The van der Waals surface area contributed by atoms with E-state index < -0.39 is 0 Å². The third-order valence-electron chi connectivity index (χ3n) is 4.50. The van der Waals surface area contributed by atoms with Gasteiger partial charge in [-0.1, -0.05) is 6.42 Å². The lowest BCUT2D eigenvalue weighted by Crippen LogP contribution is -2.30. The van der Waals surface area contributed by atoms with Crippen molar-refractivity contribution in [3.63, 3.8) is 0 Å². The molecule has 1 aliphatic heterocycles. The summed E-state index contributed by atoms with van der Waals surface area (Å²) in [6.07, 6.45) is 4.46. The zero-order valence-corrected chi connectivity index (χ0v) is 12.1. The van der Waals surface area contributed by atoms with Gasteiger partial charge in [-0.05, 0) is 43.7 Å². The smallest absolute Gasteiger partial charge is 0.0300 e. The van der Waals surface area contributed by atoms with Gasteiger partial charge in [0.1, 0.15) is 0 Å². The van der Waals surface area contributed by atoms with Gasteiger partial charge >= 0.3 is 0 Å². The molecule has 1 N–H and O–H groups in total. The molecule has 2 unspecified atom stereocenters. The molecule has 2 fully saturated rings. The second-order valence-electron chi connectivity index (χ2n) is 5.90. The molecule has 0 aromatic carbocycles. The lowest BCUT2D eigenvalue weighted by Gasteiger charge is -2.16. The zero-order chi connectivity index (χ0) is 12.4. The highest BCUT2D eigenvalue weighted by atomic mass is 32.1. The fourth-order valence-electron chi connectivity index (χ4n) is 3.54. The van der Waals surface area contributed by atoms with E-state index in [1.165, 1.54) is 48.7 Å². The monoisotopic (exact) mass is 264 g/mol. The predicted octanol–water partition coefficient (Wildman–Crippen LogP) is 2.88. The first kappa shape index (κ1) is 12.6. The predicted molar refractivity (Wildman–Crippen MR) is 78.0 cm³/mol. The topological polar surface area (TPSA) is 15.3 Å². The molecule has 100 valence electrons. The summed E-state index contributed by atoms with van der Waals surface area (Å²) in [5.74, 6) is 2.06. The van der Waals surface area contributed by atoms with Crippen LogP contribution in [0.1, 0.15) is 29.0 Å². The number of fused-ring (bicyclic) bond motifs is 1. The Hall–Kier alpha value is -0.380. The van der Waals surface area contributed by atoms with Gasteiger partial charge in [-0.25, -0.2) is 0 Å². The highest BCUT2D eigenvalue weighted by Crippen LogP contribution is 2.37. The minimum absolute atomic E-state index is 1.03. The van der Waals surface area contributed by atoms with E-state index in [9.17, 15) is 0 Å². The molecule has 3 heteroatoms. The summed E-state index contributed by atoms with van der Waals surface area (Å²) < 4.78 is 0.